The molecule has 2 N–H and O–H groups in total. The van der Waals surface area contributed by atoms with Gasteiger partial charge in [0.2, 0.25) is 10.0 Å². The van der Waals surface area contributed by atoms with Gasteiger partial charge < -0.3 is 10.2 Å². The molecule has 1 heterocycles. The van der Waals surface area contributed by atoms with E-state index < -0.39 is 21.2 Å². The molecule has 0 bridgehead atoms. The first-order valence-corrected chi connectivity index (χ1v) is 6.72. The lowest BCUT2D eigenvalue weighted by Gasteiger charge is -2.31. The van der Waals surface area contributed by atoms with E-state index in [4.69, 9.17) is 10.2 Å². The van der Waals surface area contributed by atoms with Gasteiger partial charge in [-0.2, -0.15) is 0 Å². The predicted molar refractivity (Wildman–Crippen MR) is 57.4 cm³/mol. The average molecular weight is 251 g/mol. The highest BCUT2D eigenvalue weighted by atomic mass is 32.2. The second-order valence-corrected chi connectivity index (χ2v) is 6.33. The fourth-order valence-electron chi connectivity index (χ4n) is 1.76. The van der Waals surface area contributed by atoms with E-state index >= 15 is 0 Å². The number of aliphatic carboxylic acids is 1. The number of aliphatic hydroxyl groups excluding tert-OH is 1. The lowest BCUT2D eigenvalue weighted by molar-refractivity contribution is -0.136. The van der Waals surface area contributed by atoms with Gasteiger partial charge in [0.15, 0.2) is 5.25 Å². The first kappa shape index (κ1) is 13.4. The molecule has 0 spiro atoms. The van der Waals surface area contributed by atoms with Gasteiger partial charge in [0, 0.05) is 19.7 Å². The number of carboxylic acid groups (broad SMARTS) is 1. The lowest BCUT2D eigenvalue weighted by Crippen LogP contribution is -2.46. The zero-order chi connectivity index (χ0) is 12.3. The van der Waals surface area contributed by atoms with Crippen molar-refractivity contribution < 1.29 is 23.4 Å². The number of rotatable bonds is 4. The van der Waals surface area contributed by atoms with E-state index in [0.29, 0.717) is 13.0 Å². The molecule has 1 saturated heterocycles. The van der Waals surface area contributed by atoms with Crippen LogP contribution in [0, 0.1) is 5.92 Å². The Bertz CT molecular complexity index is 353. The molecule has 0 aliphatic carbocycles. The van der Waals surface area contributed by atoms with Gasteiger partial charge in [-0.1, -0.05) is 0 Å². The summed E-state index contributed by atoms with van der Waals surface area (Å²) in [6.07, 6.45) is 1.45. The molecule has 0 radical (unpaired) electrons. The molecule has 16 heavy (non-hydrogen) atoms. The van der Waals surface area contributed by atoms with Crippen LogP contribution in [0.15, 0.2) is 0 Å². The Labute approximate surface area is 94.9 Å². The second kappa shape index (κ2) is 5.11. The molecule has 0 aromatic carbocycles. The first-order valence-electron chi connectivity index (χ1n) is 5.22. The number of aliphatic hydroxyl groups is 1. The number of sulfonamides is 1. The maximum Gasteiger partial charge on any atom is 0.323 e. The highest BCUT2D eigenvalue weighted by Gasteiger charge is 2.36. The molecule has 1 fully saturated rings. The molecule has 2 unspecified atom stereocenters. The van der Waals surface area contributed by atoms with E-state index in [2.05, 4.69) is 0 Å². The van der Waals surface area contributed by atoms with Crippen LogP contribution >= 0.6 is 0 Å². The van der Waals surface area contributed by atoms with Gasteiger partial charge in [0.05, 0.1) is 0 Å². The standard InChI is InChI=1S/C9H17NO5S/c1-7(9(12)13)16(14,15)10-4-2-3-8(5-10)6-11/h7-8,11H,2-6H2,1H3,(H,12,13). The van der Waals surface area contributed by atoms with Gasteiger partial charge >= 0.3 is 5.97 Å². The molecule has 1 aliphatic heterocycles. The number of hydrogen-bond acceptors (Lipinski definition) is 4. The second-order valence-electron chi connectivity index (χ2n) is 4.07. The topological polar surface area (TPSA) is 94.9 Å². The molecule has 7 heteroatoms. The van der Waals surface area contributed by atoms with Crippen molar-refractivity contribution in [2.75, 3.05) is 19.7 Å². The SMILES string of the molecule is CC(C(=O)O)S(=O)(=O)N1CCCC(CO)C1. The Morgan fingerprint density at radius 3 is 2.69 bits per heavy atom. The number of carbonyl (C=O) groups is 1. The van der Waals surface area contributed by atoms with Crippen molar-refractivity contribution in [1.82, 2.24) is 4.31 Å². The van der Waals surface area contributed by atoms with Gasteiger partial charge in [-0.05, 0) is 25.7 Å². The van der Waals surface area contributed by atoms with Gasteiger partial charge in [-0.25, -0.2) is 12.7 Å². The third-order valence-corrected chi connectivity index (χ3v) is 5.04. The zero-order valence-corrected chi connectivity index (χ0v) is 9.98. The van der Waals surface area contributed by atoms with Crippen molar-refractivity contribution >= 4 is 16.0 Å². The minimum absolute atomic E-state index is 0.0620. The van der Waals surface area contributed by atoms with Crippen molar-refractivity contribution in [3.8, 4) is 0 Å². The molecular formula is C9H17NO5S. The molecule has 1 aliphatic rings. The van der Waals surface area contributed by atoms with Crippen LogP contribution in [0.25, 0.3) is 0 Å². The van der Waals surface area contributed by atoms with Crippen molar-refractivity contribution in [2.24, 2.45) is 5.92 Å². The van der Waals surface area contributed by atoms with Crippen LogP contribution in [0.3, 0.4) is 0 Å². The summed E-state index contributed by atoms with van der Waals surface area (Å²) in [6.45, 7) is 1.67. The van der Waals surface area contributed by atoms with E-state index in [0.717, 1.165) is 6.42 Å². The Morgan fingerprint density at radius 1 is 1.56 bits per heavy atom. The van der Waals surface area contributed by atoms with Gasteiger partial charge in [0.25, 0.3) is 0 Å². The molecule has 1 rings (SSSR count). The predicted octanol–water partition coefficient (Wildman–Crippen LogP) is -0.506. The zero-order valence-electron chi connectivity index (χ0n) is 9.16. The smallest absolute Gasteiger partial charge is 0.323 e. The van der Waals surface area contributed by atoms with Crippen molar-refractivity contribution in [2.45, 2.75) is 25.0 Å². The highest BCUT2D eigenvalue weighted by Crippen LogP contribution is 2.21. The van der Waals surface area contributed by atoms with Crippen LogP contribution in [0.2, 0.25) is 0 Å². The number of hydrogen-bond donors (Lipinski definition) is 2. The molecule has 2 atom stereocenters. The van der Waals surface area contributed by atoms with Crippen LogP contribution < -0.4 is 0 Å². The summed E-state index contributed by atoms with van der Waals surface area (Å²) in [5, 5.41) is 16.3. The Morgan fingerprint density at radius 2 is 2.19 bits per heavy atom. The number of carboxylic acids is 1. The number of piperidine rings is 1. The van der Waals surface area contributed by atoms with Gasteiger partial charge in [-0.3, -0.25) is 4.79 Å². The monoisotopic (exact) mass is 251 g/mol. The third-order valence-electron chi connectivity index (χ3n) is 2.89. The summed E-state index contributed by atoms with van der Waals surface area (Å²) in [7, 11) is -3.78. The Balaban J connectivity index is 2.79. The minimum atomic E-state index is -3.78. The van der Waals surface area contributed by atoms with Crippen LogP contribution in [0.5, 0.6) is 0 Å². The van der Waals surface area contributed by atoms with E-state index in [1.165, 1.54) is 11.2 Å². The summed E-state index contributed by atoms with van der Waals surface area (Å²) < 4.78 is 24.9. The maximum absolute atomic E-state index is 11.9. The summed E-state index contributed by atoms with van der Waals surface area (Å²) in [5.74, 6) is -1.42. The van der Waals surface area contributed by atoms with E-state index in [-0.39, 0.29) is 19.1 Å². The third kappa shape index (κ3) is 2.72. The fraction of sp³-hybridized carbons (Fsp3) is 0.889. The minimum Gasteiger partial charge on any atom is -0.480 e. The van der Waals surface area contributed by atoms with Crippen LogP contribution in [-0.2, 0) is 14.8 Å². The molecule has 0 saturated carbocycles. The fourth-order valence-corrected chi connectivity index (χ4v) is 3.26. The van der Waals surface area contributed by atoms with Crippen molar-refractivity contribution in [3.63, 3.8) is 0 Å². The van der Waals surface area contributed by atoms with Crippen LogP contribution in [0.1, 0.15) is 19.8 Å². The maximum atomic E-state index is 11.9. The van der Waals surface area contributed by atoms with Gasteiger partial charge in [0.1, 0.15) is 0 Å². The molecule has 94 valence electrons. The normalized spacial score (nSPS) is 25.2. The van der Waals surface area contributed by atoms with Crippen molar-refractivity contribution in [1.29, 1.82) is 0 Å². The van der Waals surface area contributed by atoms with E-state index in [1.54, 1.807) is 0 Å². The average Bonchev–Trinajstić information content (AvgIpc) is 2.27. The molecule has 0 aromatic rings. The molecule has 0 amide bonds. The summed E-state index contributed by atoms with van der Waals surface area (Å²) in [5.41, 5.74) is 0. The largest absolute Gasteiger partial charge is 0.480 e. The molecular weight excluding hydrogens is 234 g/mol. The van der Waals surface area contributed by atoms with Crippen LogP contribution in [0.4, 0.5) is 0 Å². The van der Waals surface area contributed by atoms with Crippen molar-refractivity contribution in [3.05, 3.63) is 0 Å². The summed E-state index contributed by atoms with van der Waals surface area (Å²) in [4.78, 5) is 10.7. The quantitative estimate of drug-likeness (QED) is 0.702. The Hall–Kier alpha value is -0.660. The molecule has 6 nitrogen and oxygen atoms in total. The Kier molecular flexibility index (Phi) is 4.28. The summed E-state index contributed by atoms with van der Waals surface area (Å²) >= 11 is 0. The summed E-state index contributed by atoms with van der Waals surface area (Å²) in [6, 6.07) is 0. The van der Waals surface area contributed by atoms with E-state index in [9.17, 15) is 13.2 Å². The van der Waals surface area contributed by atoms with E-state index in [1.807, 2.05) is 0 Å². The number of nitrogens with zero attached hydrogens (tertiary/aromatic N) is 1. The lowest BCUT2D eigenvalue weighted by atomic mass is 10.0. The highest BCUT2D eigenvalue weighted by molar-refractivity contribution is 7.90. The molecule has 0 aromatic heterocycles. The van der Waals surface area contributed by atoms with Gasteiger partial charge in [-0.15, -0.1) is 0 Å². The van der Waals surface area contributed by atoms with Crippen LogP contribution in [-0.4, -0.2) is 53.9 Å². The first-order chi connectivity index (χ1) is 7.39.